The Hall–Kier alpha value is -1.84. The third kappa shape index (κ3) is 1.38. The highest BCUT2D eigenvalue weighted by atomic mass is 19.1. The van der Waals surface area contributed by atoms with Crippen molar-refractivity contribution in [2.75, 3.05) is 12.4 Å². The van der Waals surface area contributed by atoms with E-state index in [1.54, 1.807) is 7.05 Å². The third-order valence-electron chi connectivity index (χ3n) is 2.31. The fourth-order valence-corrected chi connectivity index (χ4v) is 1.60. The van der Waals surface area contributed by atoms with E-state index in [0.717, 1.165) is 12.1 Å². The van der Waals surface area contributed by atoms with Gasteiger partial charge in [-0.1, -0.05) is 0 Å². The highest BCUT2D eigenvalue weighted by molar-refractivity contribution is 5.98. The molecule has 0 amide bonds. The Morgan fingerprint density at radius 2 is 1.60 bits per heavy atom. The lowest BCUT2D eigenvalue weighted by Crippen LogP contribution is -1.93. The molecule has 0 bridgehead atoms. The second-order valence-electron chi connectivity index (χ2n) is 3.16. The Labute approximate surface area is 85.2 Å². The van der Waals surface area contributed by atoms with Crippen LogP contribution < -0.4 is 5.32 Å². The molecule has 4 heteroatoms. The van der Waals surface area contributed by atoms with Gasteiger partial charge < -0.3 is 10.4 Å². The molecule has 0 heterocycles. The number of phenolic OH excluding ortho intramolecular Hbond substituents is 1. The van der Waals surface area contributed by atoms with E-state index in [1.165, 1.54) is 12.1 Å². The zero-order valence-corrected chi connectivity index (χ0v) is 8.01. The Kier molecular flexibility index (Phi) is 2.19. The van der Waals surface area contributed by atoms with Gasteiger partial charge in [0.15, 0.2) is 0 Å². The number of phenols is 1. The lowest BCUT2D eigenvalue weighted by atomic mass is 10.1. The fraction of sp³-hybridized carbons (Fsp3) is 0.0909. The van der Waals surface area contributed by atoms with E-state index in [2.05, 4.69) is 5.32 Å². The van der Waals surface area contributed by atoms with Gasteiger partial charge in [-0.05, 0) is 24.3 Å². The smallest absolute Gasteiger partial charge is 0.135 e. The van der Waals surface area contributed by atoms with E-state index in [-0.39, 0.29) is 16.5 Å². The number of anilines is 1. The SMILES string of the molecule is CNc1ccc(F)c2c(O)ccc(F)c12. The molecule has 2 rings (SSSR count). The van der Waals surface area contributed by atoms with Crippen LogP contribution in [0.25, 0.3) is 10.8 Å². The molecule has 0 aliphatic rings. The van der Waals surface area contributed by atoms with Gasteiger partial charge in [-0.2, -0.15) is 0 Å². The van der Waals surface area contributed by atoms with E-state index in [9.17, 15) is 13.9 Å². The quantitative estimate of drug-likeness (QED) is 0.756. The molecule has 0 fully saturated rings. The Balaban J connectivity index is 2.99. The van der Waals surface area contributed by atoms with Crippen molar-refractivity contribution in [2.24, 2.45) is 0 Å². The first kappa shape index (κ1) is 9.71. The number of hydrogen-bond acceptors (Lipinski definition) is 2. The lowest BCUT2D eigenvalue weighted by molar-refractivity contribution is 0.477. The zero-order valence-electron chi connectivity index (χ0n) is 8.01. The molecule has 0 aliphatic carbocycles. The van der Waals surface area contributed by atoms with Crippen LogP contribution in [-0.4, -0.2) is 12.2 Å². The highest BCUT2D eigenvalue weighted by Gasteiger charge is 2.13. The normalized spacial score (nSPS) is 10.6. The summed E-state index contributed by atoms with van der Waals surface area (Å²) in [6, 6.07) is 4.87. The molecule has 0 saturated heterocycles. The number of hydrogen-bond donors (Lipinski definition) is 2. The van der Waals surface area contributed by atoms with Crippen molar-refractivity contribution >= 4 is 16.5 Å². The van der Waals surface area contributed by atoms with E-state index >= 15 is 0 Å². The minimum Gasteiger partial charge on any atom is -0.507 e. The van der Waals surface area contributed by atoms with Crippen LogP contribution in [0.5, 0.6) is 5.75 Å². The molecule has 2 aromatic carbocycles. The van der Waals surface area contributed by atoms with Crippen LogP contribution in [0.4, 0.5) is 14.5 Å². The molecule has 0 spiro atoms. The molecule has 2 N–H and O–H groups in total. The average molecular weight is 209 g/mol. The van der Waals surface area contributed by atoms with Gasteiger partial charge in [-0.25, -0.2) is 8.78 Å². The molecule has 15 heavy (non-hydrogen) atoms. The van der Waals surface area contributed by atoms with E-state index in [0.29, 0.717) is 5.69 Å². The number of benzene rings is 2. The molecule has 2 aromatic rings. The number of nitrogens with one attached hydrogen (secondary N) is 1. The first-order valence-electron chi connectivity index (χ1n) is 4.42. The van der Waals surface area contributed by atoms with Gasteiger partial charge in [0.2, 0.25) is 0 Å². The van der Waals surface area contributed by atoms with Crippen molar-refractivity contribution in [1.29, 1.82) is 0 Å². The van der Waals surface area contributed by atoms with Crippen molar-refractivity contribution in [2.45, 2.75) is 0 Å². The van der Waals surface area contributed by atoms with Gasteiger partial charge in [0.1, 0.15) is 17.4 Å². The molecule has 0 radical (unpaired) electrons. The van der Waals surface area contributed by atoms with Crippen molar-refractivity contribution in [1.82, 2.24) is 0 Å². The largest absolute Gasteiger partial charge is 0.507 e. The molecule has 0 atom stereocenters. The molecular weight excluding hydrogens is 200 g/mol. The Bertz CT molecular complexity index is 517. The van der Waals surface area contributed by atoms with Gasteiger partial charge in [-0.3, -0.25) is 0 Å². The maximum Gasteiger partial charge on any atom is 0.135 e. The molecule has 78 valence electrons. The summed E-state index contributed by atoms with van der Waals surface area (Å²) in [5.74, 6) is -1.46. The summed E-state index contributed by atoms with van der Waals surface area (Å²) >= 11 is 0. The molecule has 2 nitrogen and oxygen atoms in total. The number of fused-ring (bicyclic) bond motifs is 1. The summed E-state index contributed by atoms with van der Waals surface area (Å²) in [4.78, 5) is 0. The molecule has 0 saturated carbocycles. The predicted octanol–water partition coefficient (Wildman–Crippen LogP) is 2.87. The number of aromatic hydroxyl groups is 1. The van der Waals surface area contributed by atoms with Crippen LogP contribution in [-0.2, 0) is 0 Å². The van der Waals surface area contributed by atoms with E-state index in [1.807, 2.05) is 0 Å². The maximum atomic E-state index is 13.5. The predicted molar refractivity (Wildman–Crippen MR) is 55.1 cm³/mol. The molecule has 0 unspecified atom stereocenters. The van der Waals surface area contributed by atoms with E-state index < -0.39 is 11.6 Å². The number of rotatable bonds is 1. The van der Waals surface area contributed by atoms with Crippen LogP contribution in [0.2, 0.25) is 0 Å². The van der Waals surface area contributed by atoms with Crippen molar-refractivity contribution in [3.63, 3.8) is 0 Å². The molecular formula is C11H9F2NO. The van der Waals surface area contributed by atoms with Gasteiger partial charge in [0.25, 0.3) is 0 Å². The van der Waals surface area contributed by atoms with Gasteiger partial charge >= 0.3 is 0 Å². The number of halogens is 2. The van der Waals surface area contributed by atoms with Gasteiger partial charge in [-0.15, -0.1) is 0 Å². The maximum absolute atomic E-state index is 13.5. The van der Waals surface area contributed by atoms with Crippen molar-refractivity contribution < 1.29 is 13.9 Å². The second kappa shape index (κ2) is 3.38. The third-order valence-corrected chi connectivity index (χ3v) is 2.31. The first-order valence-corrected chi connectivity index (χ1v) is 4.42. The minimum absolute atomic E-state index is 0.0671. The average Bonchev–Trinajstić information content (AvgIpc) is 2.23. The van der Waals surface area contributed by atoms with Crippen LogP contribution in [0.3, 0.4) is 0 Å². The summed E-state index contributed by atoms with van der Waals surface area (Å²) in [7, 11) is 1.61. The summed E-state index contributed by atoms with van der Waals surface area (Å²) in [6.45, 7) is 0. The molecule has 0 aromatic heterocycles. The van der Waals surface area contributed by atoms with E-state index in [4.69, 9.17) is 0 Å². The van der Waals surface area contributed by atoms with Crippen LogP contribution >= 0.6 is 0 Å². The van der Waals surface area contributed by atoms with Gasteiger partial charge in [0.05, 0.1) is 5.39 Å². The van der Waals surface area contributed by atoms with Crippen LogP contribution in [0.15, 0.2) is 24.3 Å². The van der Waals surface area contributed by atoms with Crippen molar-refractivity contribution in [3.8, 4) is 5.75 Å². The second-order valence-corrected chi connectivity index (χ2v) is 3.16. The monoisotopic (exact) mass is 209 g/mol. The lowest BCUT2D eigenvalue weighted by Gasteiger charge is -2.08. The minimum atomic E-state index is -0.638. The van der Waals surface area contributed by atoms with Crippen molar-refractivity contribution in [3.05, 3.63) is 35.9 Å². The summed E-state index contributed by atoms with van der Waals surface area (Å²) in [5, 5.41) is 12.2. The summed E-state index contributed by atoms with van der Waals surface area (Å²) in [6.07, 6.45) is 0. The zero-order chi connectivity index (χ0) is 11.0. The van der Waals surface area contributed by atoms with Gasteiger partial charge in [0, 0.05) is 18.1 Å². The first-order chi connectivity index (χ1) is 7.15. The van der Waals surface area contributed by atoms with Crippen LogP contribution in [0, 0.1) is 11.6 Å². The summed E-state index contributed by atoms with van der Waals surface area (Å²) < 4.78 is 26.9. The standard InChI is InChI=1S/C11H9F2NO/c1-14-8-4-2-7(13)11-9(15)5-3-6(12)10(8)11/h2-5,14-15H,1H3. The molecule has 0 aliphatic heterocycles. The Morgan fingerprint density at radius 1 is 1.00 bits per heavy atom. The fourth-order valence-electron chi connectivity index (χ4n) is 1.60. The van der Waals surface area contributed by atoms with Crippen LogP contribution in [0.1, 0.15) is 0 Å². The topological polar surface area (TPSA) is 32.3 Å². The highest BCUT2D eigenvalue weighted by Crippen LogP contribution is 2.34. The summed E-state index contributed by atoms with van der Waals surface area (Å²) in [5.41, 5.74) is 0.444. The Morgan fingerprint density at radius 3 is 2.27 bits per heavy atom.